The first-order valence-electron chi connectivity index (χ1n) is 7.81. The third-order valence-corrected chi connectivity index (χ3v) is 5.97. The second kappa shape index (κ2) is 4.08. The second-order valence-corrected chi connectivity index (χ2v) is 7.47. The van der Waals surface area contributed by atoms with Crippen molar-refractivity contribution in [3.8, 4) is 0 Å². The molecule has 0 aliphatic heterocycles. The lowest BCUT2D eigenvalue weighted by atomic mass is 9.48. The summed E-state index contributed by atoms with van der Waals surface area (Å²) in [5.41, 5.74) is 8.53. The Balaban J connectivity index is 1.62. The molecule has 1 aromatic rings. The molecular formula is C16H24N2O. The largest absolute Gasteiger partial charge is 0.361 e. The predicted molar refractivity (Wildman–Crippen MR) is 73.4 cm³/mol. The van der Waals surface area contributed by atoms with Gasteiger partial charge in [-0.25, -0.2) is 0 Å². The number of rotatable bonds is 3. The van der Waals surface area contributed by atoms with Crippen molar-refractivity contribution < 1.29 is 4.52 Å². The molecule has 4 aliphatic carbocycles. The van der Waals surface area contributed by atoms with Gasteiger partial charge in [0.05, 0.1) is 5.69 Å². The minimum absolute atomic E-state index is 0.518. The maximum atomic E-state index is 5.86. The van der Waals surface area contributed by atoms with Crippen molar-refractivity contribution in [2.75, 3.05) is 0 Å². The van der Waals surface area contributed by atoms with E-state index >= 15 is 0 Å². The van der Waals surface area contributed by atoms with Crippen molar-refractivity contribution in [3.63, 3.8) is 0 Å². The van der Waals surface area contributed by atoms with Crippen LogP contribution in [0, 0.1) is 30.1 Å². The summed E-state index contributed by atoms with van der Waals surface area (Å²) in [6.45, 7) is 2.58. The fourth-order valence-corrected chi connectivity index (χ4v) is 5.68. The maximum Gasteiger partial charge on any atom is 0.142 e. The molecule has 4 bridgehead atoms. The smallest absolute Gasteiger partial charge is 0.142 e. The van der Waals surface area contributed by atoms with Crippen LogP contribution in [0.15, 0.2) is 4.52 Å². The third kappa shape index (κ3) is 1.85. The van der Waals surface area contributed by atoms with Crippen molar-refractivity contribution in [3.05, 3.63) is 17.0 Å². The summed E-state index contributed by atoms with van der Waals surface area (Å²) in [7, 11) is 0. The highest BCUT2D eigenvalue weighted by atomic mass is 16.5. The zero-order chi connectivity index (χ0) is 13.0. The average Bonchev–Trinajstić information content (AvgIpc) is 2.67. The maximum absolute atomic E-state index is 5.86. The van der Waals surface area contributed by atoms with E-state index in [1.54, 1.807) is 0 Å². The Morgan fingerprint density at radius 2 is 1.74 bits per heavy atom. The molecular weight excluding hydrogens is 236 g/mol. The molecule has 0 aromatic carbocycles. The first-order valence-corrected chi connectivity index (χ1v) is 7.81. The summed E-state index contributed by atoms with van der Waals surface area (Å²) in [5.74, 6) is 4.08. The molecule has 19 heavy (non-hydrogen) atoms. The van der Waals surface area contributed by atoms with Gasteiger partial charge >= 0.3 is 0 Å². The fraction of sp³-hybridized carbons (Fsp3) is 0.812. The van der Waals surface area contributed by atoms with Crippen molar-refractivity contribution in [2.45, 2.75) is 58.4 Å². The number of aryl methyl sites for hydroxylation is 1. The first kappa shape index (κ1) is 12.0. The van der Waals surface area contributed by atoms with E-state index in [1.165, 1.54) is 38.5 Å². The van der Waals surface area contributed by atoms with Gasteiger partial charge in [0, 0.05) is 18.5 Å². The van der Waals surface area contributed by atoms with E-state index < -0.39 is 0 Å². The van der Waals surface area contributed by atoms with Crippen molar-refractivity contribution in [1.29, 1.82) is 0 Å². The average molecular weight is 260 g/mol. The Morgan fingerprint density at radius 3 is 2.26 bits per heavy atom. The van der Waals surface area contributed by atoms with Gasteiger partial charge in [0.1, 0.15) is 5.76 Å². The van der Waals surface area contributed by atoms with Crippen LogP contribution in [0.5, 0.6) is 0 Å². The minimum atomic E-state index is 0.518. The molecule has 1 aromatic heterocycles. The van der Waals surface area contributed by atoms with E-state index in [-0.39, 0.29) is 0 Å². The van der Waals surface area contributed by atoms with Crippen molar-refractivity contribution in [1.82, 2.24) is 5.16 Å². The molecule has 0 unspecified atom stereocenters. The van der Waals surface area contributed by atoms with Crippen LogP contribution >= 0.6 is 0 Å². The van der Waals surface area contributed by atoms with Crippen LogP contribution in [-0.2, 0) is 13.0 Å². The van der Waals surface area contributed by atoms with Gasteiger partial charge in [0.2, 0.25) is 0 Å². The van der Waals surface area contributed by atoms with Gasteiger partial charge < -0.3 is 10.3 Å². The molecule has 2 N–H and O–H groups in total. The van der Waals surface area contributed by atoms with Gasteiger partial charge in [-0.15, -0.1) is 0 Å². The molecule has 0 spiro atoms. The summed E-state index contributed by atoms with van der Waals surface area (Å²) in [5, 5.41) is 4.13. The molecule has 0 atom stereocenters. The highest BCUT2D eigenvalue weighted by Gasteiger charge is 2.51. The van der Waals surface area contributed by atoms with Crippen LogP contribution in [0.2, 0.25) is 0 Å². The molecule has 0 amide bonds. The van der Waals surface area contributed by atoms with Crippen LogP contribution in [0.4, 0.5) is 0 Å². The molecule has 4 fully saturated rings. The predicted octanol–water partition coefficient (Wildman–Crippen LogP) is 3.20. The standard InChI is InChI=1S/C16H24N2O/c1-10-14(9-17)15(19-18-10)8-16-5-11-2-12(6-16)4-13(3-11)7-16/h11-13H,2-9,17H2,1H3. The number of nitrogens with zero attached hydrogens (tertiary/aromatic N) is 1. The quantitative estimate of drug-likeness (QED) is 0.908. The highest BCUT2D eigenvalue weighted by molar-refractivity contribution is 5.23. The molecule has 3 nitrogen and oxygen atoms in total. The van der Waals surface area contributed by atoms with Crippen molar-refractivity contribution >= 4 is 0 Å². The lowest BCUT2D eigenvalue weighted by molar-refractivity contribution is -0.0551. The van der Waals surface area contributed by atoms with Gasteiger partial charge in [-0.05, 0) is 68.6 Å². The molecule has 0 radical (unpaired) electrons. The lowest BCUT2D eigenvalue weighted by Crippen LogP contribution is -2.47. The Labute approximate surface area is 114 Å². The van der Waals surface area contributed by atoms with Crippen LogP contribution < -0.4 is 5.73 Å². The monoisotopic (exact) mass is 260 g/mol. The normalized spacial score (nSPS) is 40.0. The second-order valence-electron chi connectivity index (χ2n) is 7.47. The number of nitrogens with two attached hydrogens (primary N) is 1. The Hall–Kier alpha value is -0.830. The summed E-state index contributed by atoms with van der Waals surface area (Å²) >= 11 is 0. The van der Waals surface area contributed by atoms with E-state index in [0.29, 0.717) is 12.0 Å². The molecule has 3 heteroatoms. The van der Waals surface area contributed by atoms with Crippen LogP contribution in [0.25, 0.3) is 0 Å². The van der Waals surface area contributed by atoms with Crippen LogP contribution in [0.3, 0.4) is 0 Å². The van der Waals surface area contributed by atoms with E-state index in [0.717, 1.165) is 41.2 Å². The fourth-order valence-electron chi connectivity index (χ4n) is 5.68. The number of hydrogen-bond donors (Lipinski definition) is 1. The van der Waals surface area contributed by atoms with E-state index in [1.807, 2.05) is 6.92 Å². The Kier molecular flexibility index (Phi) is 2.57. The molecule has 4 saturated carbocycles. The van der Waals surface area contributed by atoms with E-state index in [9.17, 15) is 0 Å². The SMILES string of the molecule is Cc1noc(CC23CC4CC(CC(C4)C2)C3)c1CN. The van der Waals surface area contributed by atoms with Gasteiger partial charge in [-0.3, -0.25) is 0 Å². The summed E-state index contributed by atoms with van der Waals surface area (Å²) in [4.78, 5) is 0. The van der Waals surface area contributed by atoms with E-state index in [4.69, 9.17) is 10.3 Å². The van der Waals surface area contributed by atoms with Gasteiger partial charge in [0.15, 0.2) is 0 Å². The Bertz CT molecular complexity index is 456. The van der Waals surface area contributed by atoms with Crippen LogP contribution in [0.1, 0.15) is 55.5 Å². The first-order chi connectivity index (χ1) is 9.17. The minimum Gasteiger partial charge on any atom is -0.361 e. The molecule has 5 rings (SSSR count). The van der Waals surface area contributed by atoms with Gasteiger partial charge in [-0.2, -0.15) is 0 Å². The number of hydrogen-bond acceptors (Lipinski definition) is 3. The zero-order valence-electron chi connectivity index (χ0n) is 11.8. The lowest BCUT2D eigenvalue weighted by Gasteiger charge is -2.56. The summed E-state index contributed by atoms with van der Waals surface area (Å²) in [6, 6.07) is 0. The molecule has 4 aliphatic rings. The van der Waals surface area contributed by atoms with Gasteiger partial charge in [0.25, 0.3) is 0 Å². The Morgan fingerprint density at radius 1 is 1.16 bits per heavy atom. The van der Waals surface area contributed by atoms with Crippen LogP contribution in [-0.4, -0.2) is 5.16 Å². The number of aromatic nitrogens is 1. The third-order valence-electron chi connectivity index (χ3n) is 5.97. The molecule has 104 valence electrons. The van der Waals surface area contributed by atoms with E-state index in [2.05, 4.69) is 5.16 Å². The molecule has 1 heterocycles. The topological polar surface area (TPSA) is 52.0 Å². The molecule has 0 saturated heterocycles. The highest BCUT2D eigenvalue weighted by Crippen LogP contribution is 2.61. The summed E-state index contributed by atoms with van der Waals surface area (Å²) < 4.78 is 5.60. The zero-order valence-corrected chi connectivity index (χ0v) is 11.8. The summed E-state index contributed by atoms with van der Waals surface area (Å²) in [6.07, 6.45) is 9.84. The van der Waals surface area contributed by atoms with Crippen molar-refractivity contribution in [2.24, 2.45) is 28.9 Å². The van der Waals surface area contributed by atoms with Gasteiger partial charge in [-0.1, -0.05) is 5.16 Å².